The number of aliphatic imine (C=N–C) groups is 1. The zero-order chi connectivity index (χ0) is 21.5. The Morgan fingerprint density at radius 2 is 2.17 bits per heavy atom. The van der Waals surface area contributed by atoms with Gasteiger partial charge in [-0.1, -0.05) is 0 Å². The molecule has 3 rings (SSSR count). The summed E-state index contributed by atoms with van der Waals surface area (Å²) in [5.74, 6) is 1.08. The van der Waals surface area contributed by atoms with Gasteiger partial charge in [0, 0.05) is 37.5 Å². The van der Waals surface area contributed by atoms with Gasteiger partial charge >= 0.3 is 0 Å². The van der Waals surface area contributed by atoms with E-state index < -0.39 is 0 Å². The lowest BCUT2D eigenvalue weighted by molar-refractivity contribution is 0.102. The number of hydrogen-bond acceptors (Lipinski definition) is 7. The molecule has 0 atom stereocenters. The number of likely N-dealkylation sites (N-methyl/N-ethyl adjacent to an activating group) is 1. The number of amides is 1. The van der Waals surface area contributed by atoms with Gasteiger partial charge in [-0.15, -0.1) is 0 Å². The van der Waals surface area contributed by atoms with Gasteiger partial charge in [-0.25, -0.2) is 0 Å². The first-order valence-electron chi connectivity index (χ1n) is 9.69. The number of allylic oxidation sites excluding steroid dienone is 1. The van der Waals surface area contributed by atoms with Gasteiger partial charge in [0.05, 0.1) is 17.9 Å². The van der Waals surface area contributed by atoms with E-state index in [0.717, 1.165) is 12.2 Å². The second-order valence-corrected chi connectivity index (χ2v) is 6.72. The average molecular weight is 409 g/mol. The largest absolute Gasteiger partial charge is 0.492 e. The molecule has 0 spiro atoms. The first-order valence-corrected chi connectivity index (χ1v) is 9.69. The Labute approximate surface area is 176 Å². The smallest absolute Gasteiger partial charge is 0.255 e. The van der Waals surface area contributed by atoms with E-state index in [4.69, 9.17) is 20.9 Å². The van der Waals surface area contributed by atoms with E-state index in [1.165, 1.54) is 6.20 Å². The number of carbonyl (C=O) groups excluding carboxylic acids is 1. The summed E-state index contributed by atoms with van der Waals surface area (Å²) in [6.45, 7) is 2.17. The molecule has 2 aromatic carbocycles. The van der Waals surface area contributed by atoms with E-state index in [9.17, 15) is 4.79 Å². The molecule has 1 aliphatic rings. The number of benzene rings is 2. The maximum absolute atomic E-state index is 12.8. The van der Waals surface area contributed by atoms with Gasteiger partial charge in [-0.3, -0.25) is 9.79 Å². The molecule has 158 valence electrons. The highest BCUT2D eigenvalue weighted by Crippen LogP contribution is 2.32. The second kappa shape index (κ2) is 9.80. The van der Waals surface area contributed by atoms with Crippen LogP contribution in [0.2, 0.25) is 0 Å². The fourth-order valence-electron chi connectivity index (χ4n) is 3.18. The predicted molar refractivity (Wildman–Crippen MR) is 120 cm³/mol. The molecule has 0 unspecified atom stereocenters. The summed E-state index contributed by atoms with van der Waals surface area (Å²) in [5.41, 5.74) is 14.5. The number of carbonyl (C=O) groups is 1. The molecule has 2 aromatic rings. The summed E-state index contributed by atoms with van der Waals surface area (Å²) in [6, 6.07) is 10.8. The van der Waals surface area contributed by atoms with Crippen molar-refractivity contribution in [3.63, 3.8) is 0 Å². The fourth-order valence-corrected chi connectivity index (χ4v) is 3.18. The van der Waals surface area contributed by atoms with Gasteiger partial charge < -0.3 is 31.2 Å². The molecule has 0 saturated heterocycles. The molecule has 0 aromatic heterocycles. The Morgan fingerprint density at radius 1 is 1.33 bits per heavy atom. The van der Waals surface area contributed by atoms with E-state index in [2.05, 4.69) is 15.2 Å². The van der Waals surface area contributed by atoms with Crippen molar-refractivity contribution in [1.82, 2.24) is 0 Å². The zero-order valence-corrected chi connectivity index (χ0v) is 17.2. The van der Waals surface area contributed by atoms with Crippen molar-refractivity contribution in [1.29, 1.82) is 0 Å². The normalized spacial score (nSPS) is 13.7. The number of anilines is 2. The van der Waals surface area contributed by atoms with Crippen LogP contribution in [0.1, 0.15) is 15.9 Å². The monoisotopic (exact) mass is 409 g/mol. The van der Waals surface area contributed by atoms with Crippen LogP contribution in [0.3, 0.4) is 0 Å². The number of rotatable bonds is 7. The molecule has 1 amide bonds. The summed E-state index contributed by atoms with van der Waals surface area (Å²) in [4.78, 5) is 19.2. The number of hydrogen-bond donors (Lipinski definition) is 3. The topological polar surface area (TPSA) is 115 Å². The highest BCUT2D eigenvalue weighted by molar-refractivity contribution is 6.12. The summed E-state index contributed by atoms with van der Waals surface area (Å²) in [6.07, 6.45) is 3.08. The summed E-state index contributed by atoms with van der Waals surface area (Å²) in [5, 5.41) is 2.92. The standard InChI is InChI=1S/C22H27N5O3/c1-25-18(7-8-23)17-14-16(4-6-20(17)29-11-9-24)26-22(28)15-3-5-19-21(13-15)30-12-10-27(19)2/h3-8,13-14H,9-12,23-24H2,1-2H3,(H,26,28). The molecule has 8 heteroatoms. The Bertz CT molecular complexity index is 971. The van der Waals surface area contributed by atoms with Crippen LogP contribution in [0.4, 0.5) is 11.4 Å². The summed E-state index contributed by atoms with van der Waals surface area (Å²) in [7, 11) is 3.66. The third-order valence-electron chi connectivity index (χ3n) is 4.70. The van der Waals surface area contributed by atoms with Crippen molar-refractivity contribution in [3.8, 4) is 11.5 Å². The molecular weight excluding hydrogens is 382 g/mol. The van der Waals surface area contributed by atoms with Crippen LogP contribution in [-0.4, -0.2) is 52.0 Å². The molecule has 0 bridgehead atoms. The van der Waals surface area contributed by atoms with E-state index in [0.29, 0.717) is 53.8 Å². The lowest BCUT2D eigenvalue weighted by Gasteiger charge is -2.27. The van der Waals surface area contributed by atoms with Crippen molar-refractivity contribution in [2.75, 3.05) is 50.6 Å². The first kappa shape index (κ1) is 21.2. The summed E-state index contributed by atoms with van der Waals surface area (Å²) < 4.78 is 11.4. The molecule has 8 nitrogen and oxygen atoms in total. The Balaban J connectivity index is 1.86. The second-order valence-electron chi connectivity index (χ2n) is 6.72. The van der Waals surface area contributed by atoms with E-state index in [1.54, 1.807) is 43.5 Å². The maximum Gasteiger partial charge on any atom is 0.255 e. The van der Waals surface area contributed by atoms with E-state index in [1.807, 2.05) is 13.1 Å². The molecule has 0 saturated carbocycles. The van der Waals surface area contributed by atoms with Crippen LogP contribution >= 0.6 is 0 Å². The Kier molecular flexibility index (Phi) is 6.92. The highest BCUT2D eigenvalue weighted by atomic mass is 16.5. The molecule has 5 N–H and O–H groups in total. The third-order valence-corrected chi connectivity index (χ3v) is 4.70. The van der Waals surface area contributed by atoms with Crippen LogP contribution < -0.4 is 31.2 Å². The SMILES string of the molecule is CN=C(C=CN)c1cc(NC(=O)c2ccc3c(c2)OCCN3C)ccc1OCCN. The van der Waals surface area contributed by atoms with Crippen LogP contribution in [0, 0.1) is 0 Å². The minimum absolute atomic E-state index is 0.236. The van der Waals surface area contributed by atoms with Crippen LogP contribution in [0.15, 0.2) is 53.7 Å². The summed E-state index contributed by atoms with van der Waals surface area (Å²) >= 11 is 0. The Morgan fingerprint density at radius 3 is 2.90 bits per heavy atom. The maximum atomic E-state index is 12.8. The van der Waals surface area contributed by atoms with Crippen LogP contribution in [0.25, 0.3) is 0 Å². The van der Waals surface area contributed by atoms with Gasteiger partial charge in [0.15, 0.2) is 0 Å². The molecule has 0 fully saturated rings. The van der Waals surface area contributed by atoms with Gasteiger partial charge in [0.25, 0.3) is 5.91 Å². The lowest BCUT2D eigenvalue weighted by atomic mass is 10.1. The number of nitrogens with one attached hydrogen (secondary N) is 1. The fraction of sp³-hybridized carbons (Fsp3) is 0.273. The molecule has 1 aliphatic heterocycles. The molecule has 30 heavy (non-hydrogen) atoms. The van der Waals surface area contributed by atoms with Gasteiger partial charge in [-0.05, 0) is 48.7 Å². The number of fused-ring (bicyclic) bond motifs is 1. The average Bonchev–Trinajstić information content (AvgIpc) is 2.76. The minimum atomic E-state index is -0.236. The predicted octanol–water partition coefficient (Wildman–Crippen LogP) is 2.00. The van der Waals surface area contributed by atoms with Crippen LogP contribution in [0.5, 0.6) is 11.5 Å². The van der Waals surface area contributed by atoms with Gasteiger partial charge in [0.1, 0.15) is 24.7 Å². The van der Waals surface area contributed by atoms with E-state index in [-0.39, 0.29) is 5.91 Å². The van der Waals surface area contributed by atoms with Crippen LogP contribution in [-0.2, 0) is 0 Å². The van der Waals surface area contributed by atoms with Crippen molar-refractivity contribution in [2.24, 2.45) is 16.5 Å². The van der Waals surface area contributed by atoms with Crippen molar-refractivity contribution in [2.45, 2.75) is 0 Å². The number of ether oxygens (including phenoxy) is 2. The lowest BCUT2D eigenvalue weighted by Crippen LogP contribution is -2.29. The Hall–Kier alpha value is -3.52. The van der Waals surface area contributed by atoms with Crippen molar-refractivity contribution in [3.05, 3.63) is 59.8 Å². The zero-order valence-electron chi connectivity index (χ0n) is 17.2. The molecule has 0 radical (unpaired) electrons. The third kappa shape index (κ3) is 4.72. The molecule has 0 aliphatic carbocycles. The van der Waals surface area contributed by atoms with Gasteiger partial charge in [-0.2, -0.15) is 0 Å². The van der Waals surface area contributed by atoms with Crippen molar-refractivity contribution < 1.29 is 14.3 Å². The number of nitrogens with two attached hydrogens (primary N) is 2. The minimum Gasteiger partial charge on any atom is -0.492 e. The first-order chi connectivity index (χ1) is 14.6. The van der Waals surface area contributed by atoms with Crippen molar-refractivity contribution >= 4 is 23.0 Å². The highest BCUT2D eigenvalue weighted by Gasteiger charge is 2.18. The molecular formula is C22H27N5O3. The molecule has 1 heterocycles. The number of nitrogens with zero attached hydrogens (tertiary/aromatic N) is 2. The van der Waals surface area contributed by atoms with Gasteiger partial charge in [0.2, 0.25) is 0 Å². The quantitative estimate of drug-likeness (QED) is 0.603. The van der Waals surface area contributed by atoms with E-state index >= 15 is 0 Å².